The van der Waals surface area contributed by atoms with Crippen LogP contribution in [0.2, 0.25) is 0 Å². The van der Waals surface area contributed by atoms with Crippen LogP contribution in [-0.4, -0.2) is 7.11 Å². The van der Waals surface area contributed by atoms with Crippen molar-refractivity contribution < 1.29 is 10.1 Å². The van der Waals surface area contributed by atoms with Crippen LogP contribution in [0.4, 0.5) is 0 Å². The van der Waals surface area contributed by atoms with E-state index < -0.39 is 0 Å². The van der Waals surface area contributed by atoms with Crippen molar-refractivity contribution in [2.75, 3.05) is 7.11 Å². The lowest BCUT2D eigenvalue weighted by Crippen LogP contribution is -2.80. The van der Waals surface area contributed by atoms with Gasteiger partial charge in [0.2, 0.25) is 0 Å². The Morgan fingerprint density at radius 3 is 1.74 bits per heavy atom. The molecular weight excluding hydrogens is 234 g/mol. The molecule has 2 heteroatoms. The Bertz CT molecular complexity index is 440. The van der Waals surface area contributed by atoms with Crippen LogP contribution in [0.15, 0.2) is 48.5 Å². The molecule has 0 amide bonds. The van der Waals surface area contributed by atoms with Crippen molar-refractivity contribution in [2.45, 2.75) is 26.4 Å². The lowest BCUT2D eigenvalue weighted by Gasteiger charge is -2.04. The smallest absolute Gasteiger partial charge is 0.118 e. The molecule has 0 aliphatic rings. The van der Waals surface area contributed by atoms with E-state index in [-0.39, 0.29) is 0 Å². The van der Waals surface area contributed by atoms with Crippen LogP contribution < -0.4 is 10.1 Å². The quantitative estimate of drug-likeness (QED) is 0.844. The minimum absolute atomic E-state index is 0.916. The largest absolute Gasteiger partial charge is 0.497 e. The Balaban J connectivity index is 1.81. The standard InChI is InChI=1S/C17H21NO/c1-3-14-4-6-15(7-5-14)12-18-13-16-8-10-17(19-2)11-9-16/h4-11,18H,3,12-13H2,1-2H3/p+1. The molecule has 0 bridgehead atoms. The predicted octanol–water partition coefficient (Wildman–Crippen LogP) is 2.52. The molecule has 100 valence electrons. The van der Waals surface area contributed by atoms with Gasteiger partial charge in [0, 0.05) is 11.1 Å². The number of hydrogen-bond donors (Lipinski definition) is 1. The summed E-state index contributed by atoms with van der Waals surface area (Å²) in [6.07, 6.45) is 1.11. The maximum absolute atomic E-state index is 5.15. The van der Waals surface area contributed by atoms with Gasteiger partial charge in [0.1, 0.15) is 18.8 Å². The second-order valence-electron chi connectivity index (χ2n) is 4.72. The van der Waals surface area contributed by atoms with Gasteiger partial charge in [-0.2, -0.15) is 0 Å². The number of hydrogen-bond acceptors (Lipinski definition) is 1. The van der Waals surface area contributed by atoms with E-state index in [9.17, 15) is 0 Å². The summed E-state index contributed by atoms with van der Waals surface area (Å²) in [7, 11) is 1.70. The van der Waals surface area contributed by atoms with Gasteiger partial charge in [0.05, 0.1) is 7.11 Å². The molecule has 0 aromatic heterocycles. The highest BCUT2D eigenvalue weighted by atomic mass is 16.5. The number of nitrogens with two attached hydrogens (primary N) is 1. The first-order valence-corrected chi connectivity index (χ1v) is 6.84. The molecule has 2 aromatic rings. The van der Waals surface area contributed by atoms with Gasteiger partial charge in [-0.25, -0.2) is 0 Å². The molecular formula is C17H22NO+. The van der Waals surface area contributed by atoms with E-state index >= 15 is 0 Å². The van der Waals surface area contributed by atoms with Gasteiger partial charge in [0.25, 0.3) is 0 Å². The molecule has 0 saturated carbocycles. The van der Waals surface area contributed by atoms with Crippen molar-refractivity contribution in [1.82, 2.24) is 0 Å². The molecule has 0 aliphatic carbocycles. The molecule has 2 nitrogen and oxygen atoms in total. The molecule has 19 heavy (non-hydrogen) atoms. The van der Waals surface area contributed by atoms with E-state index in [1.54, 1.807) is 7.11 Å². The number of methoxy groups -OCH3 is 1. The van der Waals surface area contributed by atoms with Gasteiger partial charge in [-0.1, -0.05) is 31.2 Å². The van der Waals surface area contributed by atoms with E-state index in [0.717, 1.165) is 25.3 Å². The Morgan fingerprint density at radius 1 is 0.789 bits per heavy atom. The normalized spacial score (nSPS) is 10.4. The third-order valence-corrected chi connectivity index (χ3v) is 3.35. The lowest BCUT2D eigenvalue weighted by molar-refractivity contribution is -0.686. The zero-order valence-corrected chi connectivity index (χ0v) is 11.7. The van der Waals surface area contributed by atoms with Crippen molar-refractivity contribution in [1.29, 1.82) is 0 Å². The molecule has 2 aromatic carbocycles. The summed E-state index contributed by atoms with van der Waals surface area (Å²) in [5, 5.41) is 2.32. The molecule has 0 aliphatic heterocycles. The van der Waals surface area contributed by atoms with E-state index in [0.29, 0.717) is 0 Å². The Morgan fingerprint density at radius 2 is 1.26 bits per heavy atom. The summed E-state index contributed by atoms with van der Waals surface area (Å²) >= 11 is 0. The van der Waals surface area contributed by atoms with Crippen LogP contribution in [0.25, 0.3) is 0 Å². The van der Waals surface area contributed by atoms with Crippen LogP contribution in [0.3, 0.4) is 0 Å². The molecule has 0 fully saturated rings. The van der Waals surface area contributed by atoms with Gasteiger partial charge < -0.3 is 10.1 Å². The highest BCUT2D eigenvalue weighted by Crippen LogP contribution is 2.10. The topological polar surface area (TPSA) is 25.8 Å². The Hall–Kier alpha value is -1.80. The third kappa shape index (κ3) is 4.11. The SMILES string of the molecule is CCc1ccc(C[NH2+]Cc2ccc(OC)cc2)cc1. The number of ether oxygens (including phenoxy) is 1. The van der Waals surface area contributed by atoms with E-state index in [4.69, 9.17) is 4.74 Å². The van der Waals surface area contributed by atoms with Crippen LogP contribution in [-0.2, 0) is 19.5 Å². The fourth-order valence-corrected chi connectivity index (χ4v) is 2.08. The summed E-state index contributed by atoms with van der Waals surface area (Å²) in [6.45, 7) is 4.21. The minimum atomic E-state index is 0.916. The molecule has 2 rings (SSSR count). The zero-order chi connectivity index (χ0) is 13.5. The lowest BCUT2D eigenvalue weighted by atomic mass is 10.1. The second-order valence-corrected chi connectivity index (χ2v) is 4.72. The maximum Gasteiger partial charge on any atom is 0.118 e. The van der Waals surface area contributed by atoms with E-state index in [1.165, 1.54) is 16.7 Å². The van der Waals surface area contributed by atoms with Crippen molar-refractivity contribution in [3.05, 3.63) is 65.2 Å². The van der Waals surface area contributed by atoms with Crippen molar-refractivity contribution in [3.8, 4) is 5.75 Å². The first kappa shape index (κ1) is 13.6. The summed E-state index contributed by atoms with van der Waals surface area (Å²) in [4.78, 5) is 0. The van der Waals surface area contributed by atoms with Crippen LogP contribution in [0, 0.1) is 0 Å². The summed E-state index contributed by atoms with van der Waals surface area (Å²) in [5.41, 5.74) is 4.11. The summed E-state index contributed by atoms with van der Waals surface area (Å²) in [5.74, 6) is 0.916. The second kappa shape index (κ2) is 6.95. The van der Waals surface area contributed by atoms with Crippen molar-refractivity contribution in [3.63, 3.8) is 0 Å². The number of quaternary nitrogens is 1. The molecule has 0 spiro atoms. The average molecular weight is 256 g/mol. The molecule has 0 unspecified atom stereocenters. The molecule has 2 N–H and O–H groups in total. The van der Waals surface area contributed by atoms with Crippen molar-refractivity contribution in [2.24, 2.45) is 0 Å². The summed E-state index contributed by atoms with van der Waals surface area (Å²) < 4.78 is 5.15. The first-order valence-electron chi connectivity index (χ1n) is 6.84. The summed E-state index contributed by atoms with van der Waals surface area (Å²) in [6, 6.07) is 17.2. The van der Waals surface area contributed by atoms with Gasteiger partial charge in [-0.3, -0.25) is 0 Å². The monoisotopic (exact) mass is 256 g/mol. The highest BCUT2D eigenvalue weighted by molar-refractivity contribution is 5.26. The fourth-order valence-electron chi connectivity index (χ4n) is 2.08. The van der Waals surface area contributed by atoms with E-state index in [2.05, 4.69) is 48.6 Å². The van der Waals surface area contributed by atoms with Crippen LogP contribution in [0.5, 0.6) is 5.75 Å². The van der Waals surface area contributed by atoms with Crippen molar-refractivity contribution >= 4 is 0 Å². The number of aryl methyl sites for hydroxylation is 1. The van der Waals surface area contributed by atoms with Gasteiger partial charge in [-0.15, -0.1) is 0 Å². The van der Waals surface area contributed by atoms with Gasteiger partial charge in [0.15, 0.2) is 0 Å². The number of benzene rings is 2. The zero-order valence-electron chi connectivity index (χ0n) is 11.7. The predicted molar refractivity (Wildman–Crippen MR) is 78.1 cm³/mol. The fraction of sp³-hybridized carbons (Fsp3) is 0.294. The van der Waals surface area contributed by atoms with E-state index in [1.807, 2.05) is 12.1 Å². The van der Waals surface area contributed by atoms with Crippen LogP contribution in [0.1, 0.15) is 23.6 Å². The van der Waals surface area contributed by atoms with Gasteiger partial charge in [-0.05, 0) is 36.2 Å². The molecule has 0 atom stereocenters. The molecule has 0 radical (unpaired) electrons. The third-order valence-electron chi connectivity index (χ3n) is 3.35. The van der Waals surface area contributed by atoms with Gasteiger partial charge >= 0.3 is 0 Å². The Labute approximate surface area is 115 Å². The maximum atomic E-state index is 5.15. The minimum Gasteiger partial charge on any atom is -0.497 e. The first-order chi connectivity index (χ1) is 9.31. The average Bonchev–Trinajstić information content (AvgIpc) is 2.49. The number of rotatable bonds is 6. The van der Waals surface area contributed by atoms with Crippen LogP contribution >= 0.6 is 0 Å². The Kier molecular flexibility index (Phi) is 4.99. The highest BCUT2D eigenvalue weighted by Gasteiger charge is 1.99. The molecule has 0 saturated heterocycles. The molecule has 0 heterocycles.